The minimum Gasteiger partial charge on any atom is -0.330 e. The van der Waals surface area contributed by atoms with E-state index in [0.29, 0.717) is 19.6 Å². The molecule has 136 valence electrons. The Balaban J connectivity index is 2.39. The average molecular weight is 354 g/mol. The van der Waals surface area contributed by atoms with E-state index in [1.807, 2.05) is 11.8 Å². The molecule has 1 aliphatic rings. The predicted octanol–water partition coefficient (Wildman–Crippen LogP) is 4.46. The van der Waals surface area contributed by atoms with E-state index in [1.165, 1.54) is 0 Å². The topological polar surface area (TPSA) is 29.3 Å². The van der Waals surface area contributed by atoms with Crippen LogP contribution < -0.4 is 5.73 Å². The molecule has 0 aromatic heterocycles. The summed E-state index contributed by atoms with van der Waals surface area (Å²) in [5, 5.41) is 0. The fraction of sp³-hybridized carbons (Fsp3) is 0.625. The molecule has 2 unspecified atom stereocenters. The molecule has 0 amide bonds. The van der Waals surface area contributed by atoms with Crippen molar-refractivity contribution in [2.24, 2.45) is 11.1 Å². The van der Waals surface area contributed by atoms with Crippen LogP contribution in [0, 0.1) is 5.41 Å². The number of halogens is 6. The molecule has 0 bridgehead atoms. The molecule has 1 aromatic rings. The number of nitrogens with zero attached hydrogens (tertiary/aromatic N) is 1. The highest BCUT2D eigenvalue weighted by molar-refractivity contribution is 5.35. The summed E-state index contributed by atoms with van der Waals surface area (Å²) >= 11 is 0. The SMILES string of the molecule is CC(c1cc(C(F)(F)F)cc(C(F)(F)F)c1)N1CCC(C)(CN)C1. The Morgan fingerprint density at radius 1 is 1.08 bits per heavy atom. The van der Waals surface area contributed by atoms with Crippen molar-refractivity contribution >= 4 is 0 Å². The van der Waals surface area contributed by atoms with Gasteiger partial charge in [-0.1, -0.05) is 6.92 Å². The number of hydrogen-bond acceptors (Lipinski definition) is 2. The standard InChI is InChI=1S/C16H20F6N2/c1-10(24-4-3-14(2,8-23)9-24)11-5-12(15(17,18)19)7-13(6-11)16(20,21)22/h5-7,10H,3-4,8-9,23H2,1-2H3. The molecule has 0 aliphatic carbocycles. The maximum atomic E-state index is 13.0. The van der Waals surface area contributed by atoms with Crippen molar-refractivity contribution in [1.82, 2.24) is 4.90 Å². The van der Waals surface area contributed by atoms with E-state index in [0.717, 1.165) is 18.6 Å². The number of rotatable bonds is 3. The van der Waals surface area contributed by atoms with Gasteiger partial charge in [-0.3, -0.25) is 4.90 Å². The number of likely N-dealkylation sites (tertiary alicyclic amines) is 1. The smallest absolute Gasteiger partial charge is 0.330 e. The zero-order valence-corrected chi connectivity index (χ0v) is 13.4. The summed E-state index contributed by atoms with van der Waals surface area (Å²) in [7, 11) is 0. The lowest BCUT2D eigenvalue weighted by Crippen LogP contribution is -2.32. The largest absolute Gasteiger partial charge is 0.416 e. The third kappa shape index (κ3) is 4.03. The molecule has 0 spiro atoms. The molecule has 24 heavy (non-hydrogen) atoms. The fourth-order valence-corrected chi connectivity index (χ4v) is 2.99. The summed E-state index contributed by atoms with van der Waals surface area (Å²) in [6, 6.07) is 1.21. The van der Waals surface area contributed by atoms with Crippen LogP contribution in [0.1, 0.15) is 43.0 Å². The van der Waals surface area contributed by atoms with Crippen molar-refractivity contribution in [2.45, 2.75) is 38.7 Å². The fourth-order valence-electron chi connectivity index (χ4n) is 2.99. The third-order valence-electron chi connectivity index (χ3n) is 4.72. The van der Waals surface area contributed by atoms with Gasteiger partial charge < -0.3 is 5.73 Å². The van der Waals surface area contributed by atoms with Gasteiger partial charge in [-0.25, -0.2) is 0 Å². The van der Waals surface area contributed by atoms with E-state index in [2.05, 4.69) is 0 Å². The molecule has 2 N–H and O–H groups in total. The van der Waals surface area contributed by atoms with Gasteiger partial charge >= 0.3 is 12.4 Å². The van der Waals surface area contributed by atoms with Gasteiger partial charge in [-0.15, -0.1) is 0 Å². The molecule has 1 fully saturated rings. The molecule has 1 heterocycles. The Bertz CT molecular complexity index is 563. The summed E-state index contributed by atoms with van der Waals surface area (Å²) in [4.78, 5) is 1.88. The number of alkyl halides is 6. The monoisotopic (exact) mass is 354 g/mol. The van der Waals surface area contributed by atoms with Crippen LogP contribution in [0.4, 0.5) is 26.3 Å². The molecule has 0 saturated carbocycles. The molecule has 2 atom stereocenters. The van der Waals surface area contributed by atoms with Crippen molar-refractivity contribution in [2.75, 3.05) is 19.6 Å². The summed E-state index contributed by atoms with van der Waals surface area (Å²) in [6.07, 6.45) is -8.89. The number of benzene rings is 1. The van der Waals surface area contributed by atoms with E-state index < -0.39 is 29.5 Å². The van der Waals surface area contributed by atoms with Gasteiger partial charge in [0.15, 0.2) is 0 Å². The first-order valence-electron chi connectivity index (χ1n) is 7.59. The van der Waals surface area contributed by atoms with E-state index in [-0.39, 0.29) is 17.0 Å². The van der Waals surface area contributed by atoms with Crippen LogP contribution in [-0.2, 0) is 12.4 Å². The average Bonchev–Trinajstić information content (AvgIpc) is 2.87. The normalized spacial score (nSPS) is 24.4. The Morgan fingerprint density at radius 3 is 1.96 bits per heavy atom. The highest BCUT2D eigenvalue weighted by Gasteiger charge is 2.39. The summed E-state index contributed by atoms with van der Waals surface area (Å²) < 4.78 is 77.7. The van der Waals surface area contributed by atoms with Gasteiger partial charge in [0, 0.05) is 12.6 Å². The molecule has 1 aromatic carbocycles. The Morgan fingerprint density at radius 2 is 1.58 bits per heavy atom. The quantitative estimate of drug-likeness (QED) is 0.813. The molecule has 1 aliphatic heterocycles. The van der Waals surface area contributed by atoms with E-state index in [4.69, 9.17) is 5.73 Å². The summed E-state index contributed by atoms with van der Waals surface area (Å²) in [6.45, 7) is 5.15. The Hall–Kier alpha value is -1.28. The Kier molecular flexibility index (Phi) is 4.94. The van der Waals surface area contributed by atoms with Crippen molar-refractivity contribution in [3.8, 4) is 0 Å². The molecule has 2 nitrogen and oxygen atoms in total. The van der Waals surface area contributed by atoms with Gasteiger partial charge in [-0.2, -0.15) is 26.3 Å². The lowest BCUT2D eigenvalue weighted by atomic mass is 9.90. The lowest BCUT2D eigenvalue weighted by molar-refractivity contribution is -0.143. The van der Waals surface area contributed by atoms with E-state index >= 15 is 0 Å². The zero-order chi connectivity index (χ0) is 18.3. The van der Waals surface area contributed by atoms with Crippen molar-refractivity contribution in [3.05, 3.63) is 34.9 Å². The van der Waals surface area contributed by atoms with Crippen LogP contribution in [0.2, 0.25) is 0 Å². The van der Waals surface area contributed by atoms with Crippen LogP contribution in [0.5, 0.6) is 0 Å². The van der Waals surface area contributed by atoms with E-state index in [1.54, 1.807) is 6.92 Å². The minimum absolute atomic E-state index is 0.0124. The molecule has 8 heteroatoms. The van der Waals surface area contributed by atoms with Gasteiger partial charge in [-0.05, 0) is 55.6 Å². The van der Waals surface area contributed by atoms with Gasteiger partial charge in [0.1, 0.15) is 0 Å². The maximum absolute atomic E-state index is 13.0. The first kappa shape index (κ1) is 19.1. The second kappa shape index (κ2) is 6.22. The first-order valence-corrected chi connectivity index (χ1v) is 7.59. The van der Waals surface area contributed by atoms with Crippen LogP contribution in [0.25, 0.3) is 0 Å². The zero-order valence-electron chi connectivity index (χ0n) is 13.4. The lowest BCUT2D eigenvalue weighted by Gasteiger charge is -2.28. The molecular formula is C16H20F6N2. The van der Waals surface area contributed by atoms with Crippen molar-refractivity contribution in [1.29, 1.82) is 0 Å². The molecule has 0 radical (unpaired) electrons. The van der Waals surface area contributed by atoms with Crippen LogP contribution in [-0.4, -0.2) is 24.5 Å². The second-order valence-electron chi connectivity index (χ2n) is 6.75. The van der Waals surface area contributed by atoms with Gasteiger partial charge in [0.2, 0.25) is 0 Å². The number of nitrogens with two attached hydrogens (primary N) is 1. The van der Waals surface area contributed by atoms with Crippen LogP contribution >= 0.6 is 0 Å². The molecule has 2 rings (SSSR count). The minimum atomic E-state index is -4.83. The second-order valence-corrected chi connectivity index (χ2v) is 6.75. The van der Waals surface area contributed by atoms with E-state index in [9.17, 15) is 26.3 Å². The highest BCUT2D eigenvalue weighted by atomic mass is 19.4. The first-order chi connectivity index (χ1) is 10.9. The summed E-state index contributed by atoms with van der Waals surface area (Å²) in [5.41, 5.74) is 3.00. The van der Waals surface area contributed by atoms with Gasteiger partial charge in [0.05, 0.1) is 11.1 Å². The van der Waals surface area contributed by atoms with Crippen molar-refractivity contribution < 1.29 is 26.3 Å². The maximum Gasteiger partial charge on any atom is 0.416 e. The predicted molar refractivity (Wildman–Crippen MR) is 78.2 cm³/mol. The number of hydrogen-bond donors (Lipinski definition) is 1. The van der Waals surface area contributed by atoms with Gasteiger partial charge in [0.25, 0.3) is 0 Å². The summed E-state index contributed by atoms with van der Waals surface area (Å²) in [5.74, 6) is 0. The highest BCUT2D eigenvalue weighted by Crippen LogP contribution is 2.40. The molecular weight excluding hydrogens is 334 g/mol. The van der Waals surface area contributed by atoms with Crippen molar-refractivity contribution in [3.63, 3.8) is 0 Å². The Labute approximate surface area is 136 Å². The molecule has 1 saturated heterocycles. The third-order valence-corrected chi connectivity index (χ3v) is 4.72. The van der Waals surface area contributed by atoms with Crippen LogP contribution in [0.3, 0.4) is 0 Å². The van der Waals surface area contributed by atoms with Crippen LogP contribution in [0.15, 0.2) is 18.2 Å².